The molecule has 0 unspecified atom stereocenters. The van der Waals surface area contributed by atoms with Crippen LogP contribution >= 0.6 is 34.7 Å². The van der Waals surface area contributed by atoms with Crippen LogP contribution in [-0.2, 0) is 16.1 Å². The first-order chi connectivity index (χ1) is 14.6. The van der Waals surface area contributed by atoms with Gasteiger partial charge in [0.1, 0.15) is 4.83 Å². The first-order valence-electron chi connectivity index (χ1n) is 9.76. The number of nitrogens with zero attached hydrogens (tertiary/aromatic N) is 2. The van der Waals surface area contributed by atoms with Gasteiger partial charge in [0.15, 0.2) is 5.16 Å². The van der Waals surface area contributed by atoms with Crippen LogP contribution in [0.2, 0.25) is 5.02 Å². The Balaban J connectivity index is 1.71. The lowest BCUT2D eigenvalue weighted by Crippen LogP contribution is -2.28. The molecule has 0 atom stereocenters. The Hall–Kier alpha value is -1.87. The minimum Gasteiger partial charge on any atom is -0.385 e. The smallest absolute Gasteiger partial charge is 0.263 e. The Morgan fingerprint density at radius 2 is 2.17 bits per heavy atom. The molecule has 3 aromatic rings. The van der Waals surface area contributed by atoms with Crippen molar-refractivity contribution >= 4 is 50.8 Å². The molecule has 0 aliphatic heterocycles. The van der Waals surface area contributed by atoms with E-state index in [1.807, 2.05) is 29.6 Å². The van der Waals surface area contributed by atoms with E-state index in [9.17, 15) is 9.59 Å². The summed E-state index contributed by atoms with van der Waals surface area (Å²) in [7, 11) is 1.64. The van der Waals surface area contributed by atoms with Gasteiger partial charge in [-0.2, -0.15) is 0 Å². The summed E-state index contributed by atoms with van der Waals surface area (Å²) in [5, 5.41) is 6.62. The Labute approximate surface area is 187 Å². The number of carbonyl (C=O) groups is 1. The van der Waals surface area contributed by atoms with Gasteiger partial charge in [-0.3, -0.25) is 14.2 Å². The molecule has 0 saturated heterocycles. The zero-order valence-corrected chi connectivity index (χ0v) is 18.9. The Morgan fingerprint density at radius 3 is 2.90 bits per heavy atom. The molecule has 6 nitrogen and oxygen atoms in total. The second-order valence-electron chi connectivity index (χ2n) is 7.14. The average molecular weight is 464 g/mol. The van der Waals surface area contributed by atoms with E-state index in [0.717, 1.165) is 24.0 Å². The molecule has 0 radical (unpaired) electrons. The molecule has 2 heterocycles. The van der Waals surface area contributed by atoms with Crippen LogP contribution in [-0.4, -0.2) is 41.0 Å². The number of halogens is 1. The summed E-state index contributed by atoms with van der Waals surface area (Å²) in [6.45, 7) is 1.01. The van der Waals surface area contributed by atoms with E-state index in [1.165, 1.54) is 23.1 Å². The van der Waals surface area contributed by atoms with Gasteiger partial charge < -0.3 is 10.1 Å². The summed E-state index contributed by atoms with van der Waals surface area (Å²) < 4.78 is 6.81. The van der Waals surface area contributed by atoms with Crippen LogP contribution in [0.3, 0.4) is 0 Å². The number of thioether (sulfide) groups is 1. The quantitative estimate of drug-likeness (QED) is 0.292. The van der Waals surface area contributed by atoms with Crippen LogP contribution < -0.4 is 10.9 Å². The maximum Gasteiger partial charge on any atom is 0.263 e. The molecule has 0 bridgehead atoms. The molecule has 158 valence electrons. The van der Waals surface area contributed by atoms with Gasteiger partial charge in [-0.1, -0.05) is 41.6 Å². The third kappa shape index (κ3) is 4.72. The topological polar surface area (TPSA) is 73.2 Å². The number of hydrogen-bond acceptors (Lipinski definition) is 6. The van der Waals surface area contributed by atoms with E-state index >= 15 is 0 Å². The molecule has 9 heteroatoms. The lowest BCUT2D eigenvalue weighted by atomic mass is 10.1. The van der Waals surface area contributed by atoms with E-state index in [1.54, 1.807) is 11.7 Å². The first kappa shape index (κ1) is 21.4. The number of methoxy groups -OCH3 is 1. The SMILES string of the molecule is COCCCn1c(SCC(=O)NC2CC2)nc2scc(-c3ccccc3Cl)c2c1=O. The molecule has 1 saturated carbocycles. The van der Waals surface area contributed by atoms with Gasteiger partial charge in [0.2, 0.25) is 5.91 Å². The van der Waals surface area contributed by atoms with Gasteiger partial charge in [0.05, 0.1) is 11.1 Å². The number of nitrogens with one attached hydrogen (secondary N) is 1. The van der Waals surface area contributed by atoms with Gasteiger partial charge in [0.25, 0.3) is 5.56 Å². The average Bonchev–Trinajstić information content (AvgIpc) is 3.44. The summed E-state index contributed by atoms with van der Waals surface area (Å²) in [6, 6.07) is 7.80. The summed E-state index contributed by atoms with van der Waals surface area (Å²) >= 11 is 9.10. The lowest BCUT2D eigenvalue weighted by molar-refractivity contribution is -0.118. The fraction of sp³-hybridized carbons (Fsp3) is 0.381. The highest BCUT2D eigenvalue weighted by molar-refractivity contribution is 7.99. The number of ether oxygens (including phenoxy) is 1. The second-order valence-corrected chi connectivity index (χ2v) is 9.35. The van der Waals surface area contributed by atoms with Crippen LogP contribution in [0.25, 0.3) is 21.3 Å². The molecule has 4 rings (SSSR count). The van der Waals surface area contributed by atoms with Crippen LogP contribution in [0, 0.1) is 0 Å². The number of thiophene rings is 1. The molecule has 1 fully saturated rings. The first-order valence-corrected chi connectivity index (χ1v) is 12.0. The number of benzene rings is 1. The Bertz CT molecular complexity index is 1120. The standard InChI is InChI=1S/C21H22ClN3O3S2/c1-28-10-4-9-25-20(27)18-15(14-5-2-3-6-16(14)22)11-29-19(18)24-21(25)30-12-17(26)23-13-7-8-13/h2-3,5-6,11,13H,4,7-10,12H2,1H3,(H,23,26). The molecule has 30 heavy (non-hydrogen) atoms. The predicted octanol–water partition coefficient (Wildman–Crippen LogP) is 4.19. The zero-order chi connectivity index (χ0) is 21.1. The number of carbonyl (C=O) groups excluding carboxylic acids is 1. The van der Waals surface area contributed by atoms with E-state index in [0.29, 0.717) is 46.0 Å². The number of fused-ring (bicyclic) bond motifs is 1. The monoisotopic (exact) mass is 463 g/mol. The van der Waals surface area contributed by atoms with E-state index in [4.69, 9.17) is 21.3 Å². The van der Waals surface area contributed by atoms with Crippen molar-refractivity contribution in [1.29, 1.82) is 0 Å². The number of rotatable bonds is 9. The van der Waals surface area contributed by atoms with Crippen LogP contribution in [0.15, 0.2) is 39.6 Å². The zero-order valence-electron chi connectivity index (χ0n) is 16.5. The fourth-order valence-corrected chi connectivity index (χ4v) is 5.24. The fourth-order valence-electron chi connectivity index (χ4n) is 3.19. The maximum atomic E-state index is 13.5. The van der Waals surface area contributed by atoms with Crippen molar-refractivity contribution in [3.63, 3.8) is 0 Å². The van der Waals surface area contributed by atoms with Crippen molar-refractivity contribution in [3.8, 4) is 11.1 Å². The molecule has 1 N–H and O–H groups in total. The third-order valence-electron chi connectivity index (χ3n) is 4.83. The van der Waals surface area contributed by atoms with Crippen molar-refractivity contribution < 1.29 is 9.53 Å². The molecule has 1 aliphatic carbocycles. The Kier molecular flexibility index (Phi) is 6.77. The largest absolute Gasteiger partial charge is 0.385 e. The molecule has 1 amide bonds. The van der Waals surface area contributed by atoms with Crippen LogP contribution in [0.1, 0.15) is 19.3 Å². The molecular formula is C21H22ClN3O3S2. The van der Waals surface area contributed by atoms with Crippen molar-refractivity contribution in [2.75, 3.05) is 19.5 Å². The number of hydrogen-bond donors (Lipinski definition) is 1. The highest BCUT2D eigenvalue weighted by atomic mass is 35.5. The minimum absolute atomic E-state index is 0.0248. The molecule has 1 aliphatic rings. The summed E-state index contributed by atoms with van der Waals surface area (Å²) in [4.78, 5) is 31.0. The number of aromatic nitrogens is 2. The van der Waals surface area contributed by atoms with Gasteiger partial charge >= 0.3 is 0 Å². The molecule has 2 aromatic heterocycles. The lowest BCUT2D eigenvalue weighted by Gasteiger charge is -2.12. The maximum absolute atomic E-state index is 13.5. The highest BCUT2D eigenvalue weighted by Gasteiger charge is 2.24. The number of amides is 1. The van der Waals surface area contributed by atoms with Crippen LogP contribution in [0.5, 0.6) is 0 Å². The molecule has 1 aromatic carbocycles. The Morgan fingerprint density at radius 1 is 1.37 bits per heavy atom. The van der Waals surface area contributed by atoms with Crippen molar-refractivity contribution in [2.45, 2.75) is 37.0 Å². The van der Waals surface area contributed by atoms with Gasteiger partial charge in [-0.25, -0.2) is 4.98 Å². The summed E-state index contributed by atoms with van der Waals surface area (Å²) in [5.74, 6) is 0.213. The second kappa shape index (κ2) is 9.51. The normalized spacial score (nSPS) is 13.7. The molecule has 0 spiro atoms. The predicted molar refractivity (Wildman–Crippen MR) is 123 cm³/mol. The van der Waals surface area contributed by atoms with Crippen molar-refractivity contribution in [2.24, 2.45) is 0 Å². The van der Waals surface area contributed by atoms with E-state index in [-0.39, 0.29) is 17.2 Å². The molecular weight excluding hydrogens is 442 g/mol. The van der Waals surface area contributed by atoms with Crippen molar-refractivity contribution in [1.82, 2.24) is 14.9 Å². The summed E-state index contributed by atoms with van der Waals surface area (Å²) in [6.07, 6.45) is 2.77. The van der Waals surface area contributed by atoms with Crippen molar-refractivity contribution in [3.05, 3.63) is 45.0 Å². The van der Waals surface area contributed by atoms with E-state index < -0.39 is 0 Å². The van der Waals surface area contributed by atoms with Gasteiger partial charge in [-0.05, 0) is 25.3 Å². The third-order valence-corrected chi connectivity index (χ3v) is 7.01. The minimum atomic E-state index is -0.114. The highest BCUT2D eigenvalue weighted by Crippen LogP contribution is 2.35. The van der Waals surface area contributed by atoms with E-state index in [2.05, 4.69) is 5.32 Å². The van der Waals surface area contributed by atoms with Gasteiger partial charge in [0, 0.05) is 47.8 Å². The van der Waals surface area contributed by atoms with Crippen LogP contribution in [0.4, 0.5) is 0 Å². The summed E-state index contributed by atoms with van der Waals surface area (Å²) in [5.41, 5.74) is 1.50. The van der Waals surface area contributed by atoms with Gasteiger partial charge in [-0.15, -0.1) is 11.3 Å².